The van der Waals surface area contributed by atoms with Crippen LogP contribution in [0.15, 0.2) is 73.2 Å². The molecule has 6 aromatic rings. The number of aromatic nitrogens is 7. The van der Waals surface area contributed by atoms with Gasteiger partial charge in [0.15, 0.2) is 5.65 Å². The van der Waals surface area contributed by atoms with Crippen molar-refractivity contribution >= 4 is 33.7 Å². The van der Waals surface area contributed by atoms with E-state index in [1.807, 2.05) is 72.7 Å². The Balaban J connectivity index is 1.47. The summed E-state index contributed by atoms with van der Waals surface area (Å²) in [7, 11) is 5.13. The molecule has 0 saturated carbocycles. The molecular formula is C27H24N8O2. The average molecular weight is 493 g/mol. The summed E-state index contributed by atoms with van der Waals surface area (Å²) in [6.07, 6.45) is 5.39. The van der Waals surface area contributed by atoms with Crippen LogP contribution in [0.4, 0.5) is 11.5 Å². The molecule has 0 fully saturated rings. The van der Waals surface area contributed by atoms with E-state index in [1.165, 1.54) is 0 Å². The molecule has 10 nitrogen and oxygen atoms in total. The topological polar surface area (TPSA) is 107 Å². The molecule has 0 spiro atoms. The van der Waals surface area contributed by atoms with Crippen LogP contribution in [0.5, 0.6) is 11.5 Å². The zero-order valence-electron chi connectivity index (χ0n) is 20.6. The molecule has 0 radical (unpaired) electrons. The van der Waals surface area contributed by atoms with Crippen LogP contribution in [0.3, 0.4) is 0 Å². The molecule has 0 aliphatic heterocycles. The van der Waals surface area contributed by atoms with Crippen molar-refractivity contribution in [3.05, 3.63) is 79.0 Å². The summed E-state index contributed by atoms with van der Waals surface area (Å²) in [4.78, 5) is 24.5. The van der Waals surface area contributed by atoms with Gasteiger partial charge in [0.05, 0.1) is 55.6 Å². The Morgan fingerprint density at radius 2 is 1.70 bits per heavy atom. The second-order valence-corrected chi connectivity index (χ2v) is 8.53. The van der Waals surface area contributed by atoms with Crippen molar-refractivity contribution in [1.29, 1.82) is 0 Å². The molecule has 0 aliphatic rings. The van der Waals surface area contributed by atoms with Gasteiger partial charge in [0.2, 0.25) is 0 Å². The number of hydrogen-bond donors (Lipinski definition) is 1. The number of pyridine rings is 1. The lowest BCUT2D eigenvalue weighted by Gasteiger charge is -2.24. The van der Waals surface area contributed by atoms with Crippen LogP contribution in [-0.2, 0) is 13.6 Å². The number of benzene rings is 2. The van der Waals surface area contributed by atoms with Crippen molar-refractivity contribution in [3.8, 4) is 22.8 Å². The first-order valence-corrected chi connectivity index (χ1v) is 11.7. The monoisotopic (exact) mass is 492 g/mol. The van der Waals surface area contributed by atoms with E-state index in [0.29, 0.717) is 40.7 Å². The van der Waals surface area contributed by atoms with E-state index < -0.39 is 0 Å². The highest BCUT2D eigenvalue weighted by Crippen LogP contribution is 2.34. The van der Waals surface area contributed by atoms with Crippen molar-refractivity contribution in [2.75, 3.05) is 19.1 Å². The number of anilines is 2. The van der Waals surface area contributed by atoms with E-state index in [2.05, 4.69) is 15.1 Å². The number of hydrogen-bond acceptors (Lipinski definition) is 8. The van der Waals surface area contributed by atoms with Gasteiger partial charge in [0, 0.05) is 37.0 Å². The van der Waals surface area contributed by atoms with Gasteiger partial charge in [-0.1, -0.05) is 12.1 Å². The lowest BCUT2D eigenvalue weighted by Crippen LogP contribution is -2.19. The normalized spacial score (nSPS) is 11.2. The van der Waals surface area contributed by atoms with Gasteiger partial charge in [0.25, 0.3) is 0 Å². The van der Waals surface area contributed by atoms with Gasteiger partial charge in [-0.15, -0.1) is 0 Å². The van der Waals surface area contributed by atoms with Gasteiger partial charge in [0.1, 0.15) is 28.7 Å². The number of ether oxygens (including phenoxy) is 2. The van der Waals surface area contributed by atoms with Crippen LogP contribution in [-0.4, -0.2) is 48.9 Å². The quantitative estimate of drug-likeness (QED) is 0.343. The van der Waals surface area contributed by atoms with E-state index >= 15 is 0 Å². The maximum atomic E-state index is 5.54. The van der Waals surface area contributed by atoms with Crippen molar-refractivity contribution in [2.24, 2.45) is 7.05 Å². The molecule has 0 atom stereocenters. The third-order valence-electron chi connectivity index (χ3n) is 6.06. The van der Waals surface area contributed by atoms with Crippen LogP contribution in [0.2, 0.25) is 0 Å². The fraction of sp³-hybridized carbons (Fsp3) is 0.148. The number of rotatable bonds is 7. The van der Waals surface area contributed by atoms with Crippen molar-refractivity contribution < 1.29 is 9.47 Å². The fourth-order valence-electron chi connectivity index (χ4n) is 4.21. The molecule has 184 valence electrons. The van der Waals surface area contributed by atoms with Gasteiger partial charge in [-0.05, 0) is 24.3 Å². The Kier molecular flexibility index (Phi) is 5.61. The molecule has 1 N–H and O–H groups in total. The van der Waals surface area contributed by atoms with Crippen LogP contribution in [0, 0.1) is 0 Å². The van der Waals surface area contributed by atoms with Crippen LogP contribution in [0.25, 0.3) is 33.5 Å². The average Bonchev–Trinajstić information content (AvgIpc) is 3.56. The van der Waals surface area contributed by atoms with Crippen LogP contribution >= 0.6 is 0 Å². The summed E-state index contributed by atoms with van der Waals surface area (Å²) in [5.74, 6) is 2.81. The Morgan fingerprint density at radius 3 is 2.43 bits per heavy atom. The highest BCUT2D eigenvalue weighted by Gasteiger charge is 2.18. The number of H-pyrrole nitrogens is 1. The van der Waals surface area contributed by atoms with E-state index in [-0.39, 0.29) is 0 Å². The van der Waals surface area contributed by atoms with Crippen molar-refractivity contribution in [3.63, 3.8) is 0 Å². The van der Waals surface area contributed by atoms with E-state index in [4.69, 9.17) is 24.4 Å². The molecule has 0 amide bonds. The number of aromatic amines is 1. The summed E-state index contributed by atoms with van der Waals surface area (Å²) < 4.78 is 12.8. The number of fused-ring (bicyclic) bond motifs is 2. The van der Waals surface area contributed by atoms with Gasteiger partial charge < -0.3 is 19.4 Å². The van der Waals surface area contributed by atoms with E-state index in [0.717, 1.165) is 28.1 Å². The number of imidazole rings is 1. The minimum Gasteiger partial charge on any atom is -0.497 e. The molecule has 0 unspecified atom stereocenters. The molecule has 6 rings (SSSR count). The largest absolute Gasteiger partial charge is 0.497 e. The standard InChI is InChI=1S/C27H24N8O2/c1-34-15-17(13-29-34)24-14-28-23-8-9-26(33-27(23)32-24)35(18-10-19(36-2)12-20(11-18)37-3)16-25-30-21-6-4-5-7-22(21)31-25/h4-15H,16H2,1-3H3,(H,30,31). The Labute approximate surface area is 212 Å². The first-order chi connectivity index (χ1) is 18.1. The first-order valence-electron chi connectivity index (χ1n) is 11.7. The van der Waals surface area contributed by atoms with E-state index in [9.17, 15) is 0 Å². The number of aryl methyl sites for hydroxylation is 1. The minimum absolute atomic E-state index is 0.430. The third kappa shape index (κ3) is 4.40. The predicted octanol–water partition coefficient (Wildman–Crippen LogP) is 4.66. The second-order valence-electron chi connectivity index (χ2n) is 8.53. The molecule has 0 bridgehead atoms. The highest BCUT2D eigenvalue weighted by atomic mass is 16.5. The van der Waals surface area contributed by atoms with Crippen molar-refractivity contribution in [1.82, 2.24) is 34.7 Å². The Morgan fingerprint density at radius 1 is 0.892 bits per heavy atom. The van der Waals surface area contributed by atoms with Gasteiger partial charge in [-0.2, -0.15) is 5.10 Å². The lowest BCUT2D eigenvalue weighted by atomic mass is 10.2. The van der Waals surface area contributed by atoms with Gasteiger partial charge >= 0.3 is 0 Å². The summed E-state index contributed by atoms with van der Waals surface area (Å²) in [5, 5.41) is 4.24. The number of methoxy groups -OCH3 is 2. The zero-order chi connectivity index (χ0) is 25.4. The molecule has 4 aromatic heterocycles. The smallest absolute Gasteiger partial charge is 0.180 e. The molecule has 2 aromatic carbocycles. The minimum atomic E-state index is 0.430. The maximum Gasteiger partial charge on any atom is 0.180 e. The molecule has 10 heteroatoms. The fourth-order valence-corrected chi connectivity index (χ4v) is 4.21. The van der Waals surface area contributed by atoms with Gasteiger partial charge in [-0.3, -0.25) is 9.67 Å². The zero-order valence-corrected chi connectivity index (χ0v) is 20.6. The maximum absolute atomic E-state index is 5.54. The first kappa shape index (κ1) is 22.5. The lowest BCUT2D eigenvalue weighted by molar-refractivity contribution is 0.394. The Hall–Kier alpha value is -4.99. The predicted molar refractivity (Wildman–Crippen MR) is 141 cm³/mol. The number of nitrogens with zero attached hydrogens (tertiary/aromatic N) is 7. The summed E-state index contributed by atoms with van der Waals surface area (Å²) in [6.45, 7) is 0.430. The van der Waals surface area contributed by atoms with Crippen LogP contribution < -0.4 is 14.4 Å². The van der Waals surface area contributed by atoms with E-state index in [1.54, 1.807) is 31.3 Å². The van der Waals surface area contributed by atoms with Crippen molar-refractivity contribution in [2.45, 2.75) is 6.54 Å². The molecule has 0 aliphatic carbocycles. The highest BCUT2D eigenvalue weighted by molar-refractivity contribution is 5.78. The molecule has 0 saturated heterocycles. The Bertz CT molecular complexity index is 1670. The molecule has 4 heterocycles. The van der Waals surface area contributed by atoms with Crippen LogP contribution in [0.1, 0.15) is 5.82 Å². The van der Waals surface area contributed by atoms with Gasteiger partial charge in [-0.25, -0.2) is 15.0 Å². The summed E-state index contributed by atoms with van der Waals surface area (Å²) in [5.41, 5.74) is 5.52. The molecule has 37 heavy (non-hydrogen) atoms. The summed E-state index contributed by atoms with van der Waals surface area (Å²) in [6, 6.07) is 17.5. The summed E-state index contributed by atoms with van der Waals surface area (Å²) >= 11 is 0. The molecular weight excluding hydrogens is 468 g/mol. The SMILES string of the molecule is COc1cc(OC)cc(N(Cc2nc3ccccc3[nH]2)c2ccc3ncc(-c4cnn(C)c4)nc3n2)c1. The number of nitrogens with one attached hydrogen (secondary N) is 1. The second kappa shape index (κ2) is 9.23. The number of para-hydroxylation sites is 2. The third-order valence-corrected chi connectivity index (χ3v) is 6.06.